The molecule has 0 bridgehead atoms. The monoisotopic (exact) mass is 232 g/mol. The zero-order valence-corrected chi connectivity index (χ0v) is 9.37. The van der Waals surface area contributed by atoms with Gasteiger partial charge in [-0.3, -0.25) is 0 Å². The zero-order chi connectivity index (χ0) is 9.52. The largest absolute Gasteiger partial charge is 0.122 e. The van der Waals surface area contributed by atoms with Gasteiger partial charge in [0, 0.05) is 15.7 Å². The molecule has 0 spiro atoms. The van der Waals surface area contributed by atoms with Crippen molar-refractivity contribution in [2.24, 2.45) is 0 Å². The van der Waals surface area contributed by atoms with Crippen LogP contribution in [0.5, 0.6) is 0 Å². The normalized spacial score (nSPS) is 11.7. The van der Waals surface area contributed by atoms with Crippen LogP contribution in [0.25, 0.3) is 0 Å². The average molecular weight is 233 g/mol. The van der Waals surface area contributed by atoms with Gasteiger partial charge in [-0.15, -0.1) is 23.4 Å². The summed E-state index contributed by atoms with van der Waals surface area (Å²) in [4.78, 5) is 1.25. The Hall–Kier alpha value is -0.110. The summed E-state index contributed by atoms with van der Waals surface area (Å²) in [5.41, 5.74) is 0. The minimum Gasteiger partial charge on any atom is -0.122 e. The van der Waals surface area contributed by atoms with Crippen LogP contribution in [-0.2, 0) is 0 Å². The van der Waals surface area contributed by atoms with E-state index in [2.05, 4.69) is 12.1 Å². The van der Waals surface area contributed by atoms with E-state index < -0.39 is 0 Å². The molecular formula is C10H10Cl2S. The van der Waals surface area contributed by atoms with Crippen molar-refractivity contribution in [2.45, 2.75) is 4.90 Å². The lowest BCUT2D eigenvalue weighted by atomic mass is 10.4. The number of benzene rings is 1. The third-order valence-electron chi connectivity index (χ3n) is 1.43. The molecule has 0 aliphatic carbocycles. The topological polar surface area (TPSA) is 0 Å². The first-order valence-corrected chi connectivity index (χ1v) is 5.81. The maximum Gasteiger partial charge on any atom is 0.0578 e. The van der Waals surface area contributed by atoms with Crippen molar-refractivity contribution in [1.29, 1.82) is 0 Å². The molecule has 1 rings (SSSR count). The minimum absolute atomic E-state index is 0.400. The molecule has 0 fully saturated rings. The fourth-order valence-corrected chi connectivity index (χ4v) is 1.90. The van der Waals surface area contributed by atoms with Crippen molar-refractivity contribution in [2.75, 3.05) is 11.6 Å². The van der Waals surface area contributed by atoms with E-state index in [9.17, 15) is 0 Å². The Labute approximate surface area is 92.9 Å². The molecule has 0 aliphatic rings. The number of rotatable bonds is 4. The van der Waals surface area contributed by atoms with Gasteiger partial charge in [0.05, 0.1) is 5.88 Å². The van der Waals surface area contributed by atoms with Gasteiger partial charge in [-0.1, -0.05) is 35.9 Å². The van der Waals surface area contributed by atoms with E-state index >= 15 is 0 Å². The van der Waals surface area contributed by atoms with E-state index in [1.165, 1.54) is 4.90 Å². The highest BCUT2D eigenvalue weighted by Gasteiger charge is 1.91. The molecule has 0 nitrogen and oxygen atoms in total. The van der Waals surface area contributed by atoms with Gasteiger partial charge in [0.1, 0.15) is 0 Å². The summed E-state index contributed by atoms with van der Waals surface area (Å²) in [6, 6.07) is 10.2. The van der Waals surface area contributed by atoms with Gasteiger partial charge in [0.25, 0.3) is 0 Å². The summed E-state index contributed by atoms with van der Waals surface area (Å²) in [5.74, 6) is 1.27. The summed E-state index contributed by atoms with van der Waals surface area (Å²) < 4.78 is 0. The Morgan fingerprint density at radius 1 is 1.31 bits per heavy atom. The summed E-state index contributed by atoms with van der Waals surface area (Å²) in [6.07, 6.45) is 1.94. The van der Waals surface area contributed by atoms with Crippen molar-refractivity contribution in [3.8, 4) is 0 Å². The van der Waals surface area contributed by atoms with E-state index in [-0.39, 0.29) is 0 Å². The second-order valence-corrected chi connectivity index (χ2v) is 4.25. The van der Waals surface area contributed by atoms with Crippen molar-refractivity contribution >= 4 is 35.0 Å². The fourth-order valence-electron chi connectivity index (χ4n) is 0.800. The molecule has 0 unspecified atom stereocenters. The van der Waals surface area contributed by atoms with Crippen LogP contribution < -0.4 is 0 Å². The van der Waals surface area contributed by atoms with Crippen LogP contribution in [0.15, 0.2) is 46.3 Å². The standard InChI is InChI=1S/C10H10Cl2S/c11-8-9(12)6-7-13-10-4-2-1-3-5-10/h1-6H,7-8H2/b9-6-. The molecular weight excluding hydrogens is 223 g/mol. The Bertz CT molecular complexity index is 270. The quantitative estimate of drug-likeness (QED) is 0.556. The van der Waals surface area contributed by atoms with Gasteiger partial charge >= 0.3 is 0 Å². The second kappa shape index (κ2) is 6.36. The molecule has 13 heavy (non-hydrogen) atoms. The number of thioether (sulfide) groups is 1. The first kappa shape index (κ1) is 11.0. The number of hydrogen-bond donors (Lipinski definition) is 0. The molecule has 0 saturated carbocycles. The molecule has 1 aromatic rings. The smallest absolute Gasteiger partial charge is 0.0578 e. The van der Waals surface area contributed by atoms with Crippen LogP contribution in [0.4, 0.5) is 0 Å². The lowest BCUT2D eigenvalue weighted by molar-refractivity contribution is 1.46. The van der Waals surface area contributed by atoms with E-state index in [1.54, 1.807) is 11.8 Å². The summed E-state index contributed by atoms with van der Waals surface area (Å²) in [7, 11) is 0. The molecule has 0 saturated heterocycles. The molecule has 0 heterocycles. The van der Waals surface area contributed by atoms with E-state index in [1.807, 2.05) is 24.3 Å². The molecule has 0 N–H and O–H groups in total. The van der Waals surface area contributed by atoms with Gasteiger partial charge in [-0.05, 0) is 12.1 Å². The van der Waals surface area contributed by atoms with E-state index in [0.29, 0.717) is 10.9 Å². The number of halogens is 2. The highest BCUT2D eigenvalue weighted by molar-refractivity contribution is 7.99. The number of allylic oxidation sites excluding steroid dienone is 1. The van der Waals surface area contributed by atoms with Crippen LogP contribution in [0, 0.1) is 0 Å². The molecule has 3 heteroatoms. The Morgan fingerprint density at radius 2 is 2.00 bits per heavy atom. The van der Waals surface area contributed by atoms with Gasteiger partial charge in [-0.2, -0.15) is 0 Å². The first-order valence-electron chi connectivity index (χ1n) is 3.91. The van der Waals surface area contributed by atoms with Gasteiger partial charge < -0.3 is 0 Å². The maximum atomic E-state index is 5.75. The zero-order valence-electron chi connectivity index (χ0n) is 7.04. The van der Waals surface area contributed by atoms with Crippen molar-refractivity contribution in [1.82, 2.24) is 0 Å². The summed E-state index contributed by atoms with van der Waals surface area (Å²) >= 11 is 13.0. The second-order valence-electron chi connectivity index (χ2n) is 2.41. The third-order valence-corrected chi connectivity index (χ3v) is 3.08. The maximum absolute atomic E-state index is 5.75. The predicted molar refractivity (Wildman–Crippen MR) is 61.8 cm³/mol. The van der Waals surface area contributed by atoms with Crippen LogP contribution in [0.2, 0.25) is 0 Å². The molecule has 0 amide bonds. The highest BCUT2D eigenvalue weighted by atomic mass is 35.5. The number of alkyl halides is 1. The average Bonchev–Trinajstić information content (AvgIpc) is 2.19. The van der Waals surface area contributed by atoms with Crippen LogP contribution in [-0.4, -0.2) is 11.6 Å². The Kier molecular flexibility index (Phi) is 5.37. The Balaban J connectivity index is 2.36. The molecule has 0 radical (unpaired) electrons. The molecule has 1 aromatic carbocycles. The van der Waals surface area contributed by atoms with Crippen LogP contribution >= 0.6 is 35.0 Å². The van der Waals surface area contributed by atoms with Crippen molar-refractivity contribution in [3.63, 3.8) is 0 Å². The van der Waals surface area contributed by atoms with Gasteiger partial charge in [0.2, 0.25) is 0 Å². The minimum atomic E-state index is 0.400. The predicted octanol–water partition coefficient (Wildman–Crippen LogP) is 4.14. The van der Waals surface area contributed by atoms with Gasteiger partial charge in [0.15, 0.2) is 0 Å². The van der Waals surface area contributed by atoms with Crippen molar-refractivity contribution in [3.05, 3.63) is 41.4 Å². The van der Waals surface area contributed by atoms with Crippen molar-refractivity contribution < 1.29 is 0 Å². The molecule has 0 atom stereocenters. The lowest BCUT2D eigenvalue weighted by Crippen LogP contribution is -1.77. The first-order chi connectivity index (χ1) is 6.33. The van der Waals surface area contributed by atoms with Gasteiger partial charge in [-0.25, -0.2) is 0 Å². The highest BCUT2D eigenvalue weighted by Crippen LogP contribution is 2.18. The number of hydrogen-bond acceptors (Lipinski definition) is 1. The van der Waals surface area contributed by atoms with Crippen LogP contribution in [0.3, 0.4) is 0 Å². The fraction of sp³-hybridized carbons (Fsp3) is 0.200. The van der Waals surface area contributed by atoms with Crippen LogP contribution in [0.1, 0.15) is 0 Å². The summed E-state index contributed by atoms with van der Waals surface area (Å²) in [5, 5.41) is 0.713. The molecule has 0 aromatic heterocycles. The van der Waals surface area contributed by atoms with E-state index in [4.69, 9.17) is 23.2 Å². The SMILES string of the molecule is ClC/C(Cl)=C/CSc1ccccc1. The Morgan fingerprint density at radius 3 is 2.62 bits per heavy atom. The molecule has 0 aliphatic heterocycles. The molecule has 70 valence electrons. The lowest BCUT2D eigenvalue weighted by Gasteiger charge is -1.96. The van der Waals surface area contributed by atoms with E-state index in [0.717, 1.165) is 5.75 Å². The summed E-state index contributed by atoms with van der Waals surface area (Å²) in [6.45, 7) is 0. The third kappa shape index (κ3) is 4.61.